The summed E-state index contributed by atoms with van der Waals surface area (Å²) in [4.78, 5) is 25.8. The number of fused-ring (bicyclic) bond motifs is 1. The fourth-order valence-electron chi connectivity index (χ4n) is 3.47. The van der Waals surface area contributed by atoms with Gasteiger partial charge in [-0.3, -0.25) is 5.10 Å². The molecule has 0 atom stereocenters. The quantitative estimate of drug-likeness (QED) is 0.647. The van der Waals surface area contributed by atoms with Gasteiger partial charge >= 0.3 is 6.03 Å². The van der Waals surface area contributed by atoms with Crippen molar-refractivity contribution >= 4 is 11.7 Å². The monoisotopic (exact) mass is 377 g/mol. The van der Waals surface area contributed by atoms with Crippen LogP contribution in [0.25, 0.3) is 11.4 Å². The van der Waals surface area contributed by atoms with E-state index in [2.05, 4.69) is 35.8 Å². The number of nitrogens with zero attached hydrogens (tertiary/aromatic N) is 4. The fraction of sp³-hybridized carbons (Fsp3) is 0.350. The van der Waals surface area contributed by atoms with Crippen LogP contribution in [0.2, 0.25) is 0 Å². The highest BCUT2D eigenvalue weighted by atomic mass is 16.2. The summed E-state index contributed by atoms with van der Waals surface area (Å²) in [6, 6.07) is 7.11. The van der Waals surface area contributed by atoms with E-state index in [0.29, 0.717) is 23.9 Å². The number of H-pyrrole nitrogens is 1. The third-order valence-electron chi connectivity index (χ3n) is 4.82. The Morgan fingerprint density at radius 3 is 2.82 bits per heavy atom. The molecule has 0 radical (unpaired) electrons. The zero-order chi connectivity index (χ0) is 19.5. The van der Waals surface area contributed by atoms with Crippen molar-refractivity contribution in [3.05, 3.63) is 52.9 Å². The largest absolute Gasteiger partial charge is 0.331 e. The summed E-state index contributed by atoms with van der Waals surface area (Å²) in [6.07, 6.45) is 4.41. The summed E-state index contributed by atoms with van der Waals surface area (Å²) in [5.41, 5.74) is 4.93. The maximum absolute atomic E-state index is 12.3. The van der Waals surface area contributed by atoms with Gasteiger partial charge in [0, 0.05) is 22.6 Å². The number of nitrogens with one attached hydrogen (secondary N) is 3. The number of aromatic nitrogens is 5. The maximum atomic E-state index is 12.3. The molecular formula is C20H23N7O. The predicted molar refractivity (Wildman–Crippen MR) is 106 cm³/mol. The first-order chi connectivity index (χ1) is 13.6. The first-order valence-electron chi connectivity index (χ1n) is 9.48. The van der Waals surface area contributed by atoms with Crippen LogP contribution in [-0.2, 0) is 19.4 Å². The molecule has 0 bridgehead atoms. The molecule has 28 heavy (non-hydrogen) atoms. The summed E-state index contributed by atoms with van der Waals surface area (Å²) in [7, 11) is 0. The molecule has 0 aliphatic heterocycles. The Morgan fingerprint density at radius 2 is 2.00 bits per heavy atom. The molecule has 2 amide bonds. The fourth-order valence-corrected chi connectivity index (χ4v) is 3.47. The number of hydrogen-bond donors (Lipinski definition) is 3. The van der Waals surface area contributed by atoms with Gasteiger partial charge in [0.05, 0.1) is 6.54 Å². The number of aromatic amines is 1. The van der Waals surface area contributed by atoms with Crippen LogP contribution in [0, 0.1) is 13.8 Å². The molecule has 1 aliphatic carbocycles. The van der Waals surface area contributed by atoms with Crippen molar-refractivity contribution in [2.45, 2.75) is 46.1 Å². The molecule has 1 aromatic carbocycles. The summed E-state index contributed by atoms with van der Waals surface area (Å²) in [6.45, 7) is 4.15. The molecule has 1 aliphatic rings. The lowest BCUT2D eigenvalue weighted by molar-refractivity contribution is 0.251. The molecule has 2 aromatic heterocycles. The number of carbonyl (C=O) groups is 1. The first kappa shape index (κ1) is 18.1. The van der Waals surface area contributed by atoms with Gasteiger partial charge in [0.15, 0.2) is 5.82 Å². The number of aryl methyl sites for hydroxylation is 3. The molecule has 0 fully saturated rings. The van der Waals surface area contributed by atoms with Gasteiger partial charge < -0.3 is 10.6 Å². The van der Waals surface area contributed by atoms with Crippen molar-refractivity contribution < 1.29 is 4.79 Å². The molecule has 8 heteroatoms. The van der Waals surface area contributed by atoms with Crippen molar-refractivity contribution in [3.63, 3.8) is 0 Å². The van der Waals surface area contributed by atoms with Gasteiger partial charge in [-0.1, -0.05) is 12.1 Å². The smallest absolute Gasteiger partial charge is 0.319 e. The van der Waals surface area contributed by atoms with E-state index in [4.69, 9.17) is 0 Å². The summed E-state index contributed by atoms with van der Waals surface area (Å²) < 4.78 is 0. The van der Waals surface area contributed by atoms with E-state index in [1.165, 1.54) is 12.0 Å². The lowest BCUT2D eigenvalue weighted by atomic mass is 9.95. The van der Waals surface area contributed by atoms with Crippen LogP contribution in [0.15, 0.2) is 24.3 Å². The minimum Gasteiger partial charge on any atom is -0.331 e. The second-order valence-electron chi connectivity index (χ2n) is 6.99. The highest BCUT2D eigenvalue weighted by Crippen LogP contribution is 2.22. The molecule has 0 unspecified atom stereocenters. The normalized spacial score (nSPS) is 13.1. The highest BCUT2D eigenvalue weighted by Gasteiger charge is 2.15. The Morgan fingerprint density at radius 1 is 1.14 bits per heavy atom. The van der Waals surface area contributed by atoms with Gasteiger partial charge in [-0.15, -0.1) is 0 Å². The van der Waals surface area contributed by atoms with E-state index in [-0.39, 0.29) is 6.03 Å². The molecule has 8 nitrogen and oxygen atoms in total. The SMILES string of the molecule is Cc1nc(-c2cccc(NC(=O)NCc3nc(C)c4c(n3)CCCC4)c2)n[nH]1. The average molecular weight is 377 g/mol. The summed E-state index contributed by atoms with van der Waals surface area (Å²) >= 11 is 0. The minimum absolute atomic E-state index is 0.291. The number of anilines is 1. The Balaban J connectivity index is 1.39. The van der Waals surface area contributed by atoms with Gasteiger partial charge in [-0.2, -0.15) is 5.10 Å². The average Bonchev–Trinajstić information content (AvgIpc) is 3.13. The summed E-state index contributed by atoms with van der Waals surface area (Å²) in [5.74, 6) is 1.99. The Hall–Kier alpha value is -3.29. The third kappa shape index (κ3) is 4.00. The Kier molecular flexibility index (Phi) is 5.01. The Labute approximate surface area is 163 Å². The molecule has 144 valence electrons. The lowest BCUT2D eigenvalue weighted by Crippen LogP contribution is -2.29. The number of hydrogen-bond acceptors (Lipinski definition) is 5. The first-order valence-corrected chi connectivity index (χ1v) is 9.48. The van der Waals surface area contributed by atoms with E-state index in [9.17, 15) is 4.79 Å². The number of carbonyl (C=O) groups excluding carboxylic acids is 1. The predicted octanol–water partition coefficient (Wildman–Crippen LogP) is 3.08. The van der Waals surface area contributed by atoms with Crippen molar-refractivity contribution in [1.29, 1.82) is 0 Å². The lowest BCUT2D eigenvalue weighted by Gasteiger charge is -2.17. The van der Waals surface area contributed by atoms with E-state index in [1.807, 2.05) is 38.1 Å². The highest BCUT2D eigenvalue weighted by molar-refractivity contribution is 5.89. The molecule has 0 saturated carbocycles. The van der Waals surface area contributed by atoms with E-state index in [1.54, 1.807) is 0 Å². The number of urea groups is 1. The van der Waals surface area contributed by atoms with Crippen LogP contribution in [0.1, 0.15) is 41.4 Å². The van der Waals surface area contributed by atoms with Crippen LogP contribution in [0.5, 0.6) is 0 Å². The van der Waals surface area contributed by atoms with E-state index in [0.717, 1.165) is 42.0 Å². The molecular weight excluding hydrogens is 354 g/mol. The second kappa shape index (κ2) is 7.75. The zero-order valence-electron chi connectivity index (χ0n) is 16.0. The molecule has 2 heterocycles. The molecule has 0 saturated heterocycles. The number of amides is 2. The second-order valence-corrected chi connectivity index (χ2v) is 6.99. The van der Waals surface area contributed by atoms with Crippen LogP contribution >= 0.6 is 0 Å². The van der Waals surface area contributed by atoms with Crippen LogP contribution in [0.4, 0.5) is 10.5 Å². The van der Waals surface area contributed by atoms with Gasteiger partial charge in [-0.25, -0.2) is 19.7 Å². The standard InChI is InChI=1S/C20H23N7O/c1-12-16-8-3-4-9-17(16)25-18(22-12)11-21-20(28)24-15-7-5-6-14(10-15)19-23-13(2)26-27-19/h5-7,10H,3-4,8-9,11H2,1-2H3,(H2,21,24,28)(H,23,26,27). The van der Waals surface area contributed by atoms with Gasteiger partial charge in [0.25, 0.3) is 0 Å². The van der Waals surface area contributed by atoms with Crippen molar-refractivity contribution in [1.82, 2.24) is 30.5 Å². The van der Waals surface area contributed by atoms with Crippen molar-refractivity contribution in [2.75, 3.05) is 5.32 Å². The van der Waals surface area contributed by atoms with Crippen LogP contribution in [-0.4, -0.2) is 31.2 Å². The number of rotatable bonds is 4. The van der Waals surface area contributed by atoms with Crippen LogP contribution < -0.4 is 10.6 Å². The van der Waals surface area contributed by atoms with E-state index >= 15 is 0 Å². The van der Waals surface area contributed by atoms with Crippen molar-refractivity contribution in [2.24, 2.45) is 0 Å². The third-order valence-corrected chi connectivity index (χ3v) is 4.82. The summed E-state index contributed by atoms with van der Waals surface area (Å²) in [5, 5.41) is 12.6. The Bertz CT molecular complexity index is 1010. The van der Waals surface area contributed by atoms with Crippen LogP contribution in [0.3, 0.4) is 0 Å². The molecule has 3 N–H and O–H groups in total. The zero-order valence-corrected chi connectivity index (χ0v) is 16.0. The molecule has 3 aromatic rings. The topological polar surface area (TPSA) is 108 Å². The minimum atomic E-state index is -0.303. The number of benzene rings is 1. The van der Waals surface area contributed by atoms with Gasteiger partial charge in [0.2, 0.25) is 0 Å². The van der Waals surface area contributed by atoms with Crippen molar-refractivity contribution in [3.8, 4) is 11.4 Å². The van der Waals surface area contributed by atoms with Gasteiger partial charge in [-0.05, 0) is 57.2 Å². The van der Waals surface area contributed by atoms with Gasteiger partial charge in [0.1, 0.15) is 11.6 Å². The molecule has 4 rings (SSSR count). The maximum Gasteiger partial charge on any atom is 0.319 e. The van der Waals surface area contributed by atoms with E-state index < -0.39 is 0 Å². The molecule has 0 spiro atoms.